The number of alkyl halides is 3. The Kier molecular flexibility index (Phi) is 2.99. The van der Waals surface area contributed by atoms with Crippen molar-refractivity contribution in [1.29, 1.82) is 0 Å². The van der Waals surface area contributed by atoms with Crippen LogP contribution in [-0.2, 0) is 11.0 Å². The van der Waals surface area contributed by atoms with Gasteiger partial charge in [-0.3, -0.25) is 4.79 Å². The van der Waals surface area contributed by atoms with Crippen LogP contribution in [0.1, 0.15) is 26.3 Å². The first-order valence-corrected chi connectivity index (χ1v) is 5.99. The number of nitrogens with one attached hydrogen (secondary N) is 1. The predicted octanol–water partition coefficient (Wildman–Crippen LogP) is 3.26. The lowest BCUT2D eigenvalue weighted by Gasteiger charge is -2.40. The van der Waals surface area contributed by atoms with Crippen molar-refractivity contribution in [2.24, 2.45) is 0 Å². The average molecular weight is 272 g/mol. The maximum Gasteiger partial charge on any atom is 0.418 e. The minimum atomic E-state index is -4.48. The van der Waals surface area contributed by atoms with Crippen LogP contribution in [-0.4, -0.2) is 18.0 Å². The van der Waals surface area contributed by atoms with E-state index < -0.39 is 17.3 Å². The van der Waals surface area contributed by atoms with E-state index in [1.165, 1.54) is 11.0 Å². The summed E-state index contributed by atoms with van der Waals surface area (Å²) in [5.41, 5.74) is -1.45. The quantitative estimate of drug-likeness (QED) is 0.851. The first-order valence-electron chi connectivity index (χ1n) is 5.99. The summed E-state index contributed by atoms with van der Waals surface area (Å²) in [6.07, 6.45) is -4.48. The molecule has 2 rings (SSSR count). The highest BCUT2D eigenvalue weighted by Gasteiger charge is 2.43. The number of fused-ring (bicyclic) bond motifs is 1. The summed E-state index contributed by atoms with van der Waals surface area (Å²) in [6, 6.07) is 3.89. The molecule has 1 amide bonds. The third kappa shape index (κ3) is 2.15. The molecule has 1 aromatic rings. The zero-order valence-corrected chi connectivity index (χ0v) is 10.9. The van der Waals surface area contributed by atoms with Crippen molar-refractivity contribution in [2.75, 3.05) is 16.8 Å². The van der Waals surface area contributed by atoms with Crippen molar-refractivity contribution < 1.29 is 18.0 Å². The Hall–Kier alpha value is -1.72. The monoisotopic (exact) mass is 272 g/mol. The number of carbonyl (C=O) groups excluding carboxylic acids is 1. The first-order chi connectivity index (χ1) is 8.68. The molecule has 19 heavy (non-hydrogen) atoms. The summed E-state index contributed by atoms with van der Waals surface area (Å²) < 4.78 is 39.1. The van der Waals surface area contributed by atoms with Gasteiger partial charge in [-0.15, -0.1) is 0 Å². The van der Waals surface area contributed by atoms with Crippen LogP contribution in [0.25, 0.3) is 0 Å². The van der Waals surface area contributed by atoms with Gasteiger partial charge in [0, 0.05) is 6.54 Å². The smallest absolute Gasteiger partial charge is 0.370 e. The van der Waals surface area contributed by atoms with E-state index in [4.69, 9.17) is 0 Å². The molecule has 6 heteroatoms. The Morgan fingerprint density at radius 3 is 2.47 bits per heavy atom. The van der Waals surface area contributed by atoms with Crippen LogP contribution in [0.5, 0.6) is 0 Å². The topological polar surface area (TPSA) is 32.3 Å². The Bertz CT molecular complexity index is 523. The number of para-hydroxylation sites is 1. The van der Waals surface area contributed by atoms with Crippen LogP contribution >= 0.6 is 0 Å². The maximum absolute atomic E-state index is 13.0. The highest BCUT2D eigenvalue weighted by Crippen LogP contribution is 2.44. The van der Waals surface area contributed by atoms with Gasteiger partial charge in [0.05, 0.1) is 16.9 Å². The molecule has 104 valence electrons. The molecular weight excluding hydrogens is 257 g/mol. The number of halogens is 3. The van der Waals surface area contributed by atoms with E-state index in [9.17, 15) is 18.0 Å². The molecule has 0 spiro atoms. The summed E-state index contributed by atoms with van der Waals surface area (Å²) in [4.78, 5) is 13.4. The molecular formula is C13H15F3N2O. The molecule has 0 aromatic heterocycles. The molecule has 0 fully saturated rings. The van der Waals surface area contributed by atoms with Gasteiger partial charge in [-0.1, -0.05) is 6.07 Å². The van der Waals surface area contributed by atoms with Crippen molar-refractivity contribution in [3.8, 4) is 0 Å². The van der Waals surface area contributed by atoms with Crippen LogP contribution in [0.15, 0.2) is 18.2 Å². The third-order valence-electron chi connectivity index (χ3n) is 3.15. The second-order valence-corrected chi connectivity index (χ2v) is 5.00. The largest absolute Gasteiger partial charge is 0.418 e. The fraction of sp³-hybridized carbons (Fsp3) is 0.462. The van der Waals surface area contributed by atoms with Crippen LogP contribution in [0.3, 0.4) is 0 Å². The number of benzene rings is 1. The average Bonchev–Trinajstić information content (AvgIpc) is 2.28. The molecule has 0 radical (unpaired) electrons. The second kappa shape index (κ2) is 4.15. The van der Waals surface area contributed by atoms with Crippen LogP contribution in [0, 0.1) is 0 Å². The molecule has 0 bridgehead atoms. The van der Waals surface area contributed by atoms with Gasteiger partial charge in [-0.2, -0.15) is 13.2 Å². The van der Waals surface area contributed by atoms with Gasteiger partial charge < -0.3 is 10.2 Å². The van der Waals surface area contributed by atoms with Gasteiger partial charge in [0.25, 0.3) is 5.91 Å². The van der Waals surface area contributed by atoms with Crippen molar-refractivity contribution in [1.82, 2.24) is 0 Å². The third-order valence-corrected chi connectivity index (χ3v) is 3.15. The van der Waals surface area contributed by atoms with Gasteiger partial charge in [0.2, 0.25) is 0 Å². The molecule has 1 heterocycles. The van der Waals surface area contributed by atoms with Crippen LogP contribution < -0.4 is 10.2 Å². The second-order valence-electron chi connectivity index (χ2n) is 5.00. The number of rotatable bonds is 1. The van der Waals surface area contributed by atoms with Crippen LogP contribution in [0.4, 0.5) is 24.5 Å². The minimum Gasteiger partial charge on any atom is -0.370 e. The Labute approximate surface area is 109 Å². The molecule has 0 aliphatic carbocycles. The zero-order chi connectivity index (χ0) is 14.4. The number of anilines is 2. The molecule has 0 unspecified atom stereocenters. The van der Waals surface area contributed by atoms with Gasteiger partial charge in [-0.05, 0) is 32.9 Å². The molecule has 1 aliphatic rings. The molecule has 1 aliphatic heterocycles. The Morgan fingerprint density at radius 1 is 1.32 bits per heavy atom. The van der Waals surface area contributed by atoms with E-state index in [-0.39, 0.29) is 18.1 Å². The van der Waals surface area contributed by atoms with E-state index in [0.29, 0.717) is 5.69 Å². The number of nitrogens with zero attached hydrogens (tertiary/aromatic N) is 1. The number of carbonyl (C=O) groups is 1. The zero-order valence-electron chi connectivity index (χ0n) is 10.9. The first kappa shape index (κ1) is 13.7. The number of likely N-dealkylation sites (N-methyl/N-ethyl adjacent to an activating group) is 1. The lowest BCUT2D eigenvalue weighted by Crippen LogP contribution is -2.54. The molecule has 0 atom stereocenters. The van der Waals surface area contributed by atoms with E-state index in [0.717, 1.165) is 6.07 Å². The standard InChI is InChI=1S/C13H15F3N2O/c1-4-18-10-8(13(14,15)16)6-5-7-9(10)17-12(2,3)11(18)19/h5-7,17H,4H2,1-3H3. The Balaban J connectivity index is 2.68. The van der Waals surface area contributed by atoms with Gasteiger partial charge in [0.15, 0.2) is 0 Å². The summed E-state index contributed by atoms with van der Waals surface area (Å²) >= 11 is 0. The lowest BCUT2D eigenvalue weighted by atomic mass is 9.96. The molecule has 1 aromatic carbocycles. The van der Waals surface area contributed by atoms with E-state index in [1.807, 2.05) is 0 Å². The number of hydrogen-bond donors (Lipinski definition) is 1. The minimum absolute atomic E-state index is 0.0816. The highest BCUT2D eigenvalue weighted by atomic mass is 19.4. The van der Waals surface area contributed by atoms with Crippen molar-refractivity contribution in [2.45, 2.75) is 32.5 Å². The lowest BCUT2D eigenvalue weighted by molar-refractivity contribution is -0.137. The molecule has 3 nitrogen and oxygen atoms in total. The summed E-state index contributed by atoms with van der Waals surface area (Å²) in [6.45, 7) is 5.17. The number of amides is 1. The molecule has 0 saturated carbocycles. The van der Waals surface area contributed by atoms with Gasteiger partial charge in [-0.25, -0.2) is 0 Å². The fourth-order valence-corrected chi connectivity index (χ4v) is 2.29. The molecule has 0 saturated heterocycles. The Morgan fingerprint density at radius 2 is 1.95 bits per heavy atom. The summed E-state index contributed by atoms with van der Waals surface area (Å²) in [5, 5.41) is 2.87. The predicted molar refractivity (Wildman–Crippen MR) is 67.2 cm³/mol. The molecule has 1 N–H and O–H groups in total. The number of hydrogen-bond acceptors (Lipinski definition) is 2. The van der Waals surface area contributed by atoms with Crippen molar-refractivity contribution in [3.63, 3.8) is 0 Å². The summed E-state index contributed by atoms with van der Waals surface area (Å²) in [5.74, 6) is -0.362. The maximum atomic E-state index is 13.0. The van der Waals surface area contributed by atoms with Crippen molar-refractivity contribution in [3.05, 3.63) is 23.8 Å². The van der Waals surface area contributed by atoms with E-state index in [2.05, 4.69) is 5.32 Å². The van der Waals surface area contributed by atoms with Crippen LogP contribution in [0.2, 0.25) is 0 Å². The highest BCUT2D eigenvalue weighted by molar-refractivity contribution is 6.08. The summed E-state index contributed by atoms with van der Waals surface area (Å²) in [7, 11) is 0. The van der Waals surface area contributed by atoms with Gasteiger partial charge in [0.1, 0.15) is 5.54 Å². The van der Waals surface area contributed by atoms with E-state index >= 15 is 0 Å². The fourth-order valence-electron chi connectivity index (χ4n) is 2.29. The van der Waals surface area contributed by atoms with Gasteiger partial charge >= 0.3 is 6.18 Å². The SMILES string of the molecule is CCN1C(=O)C(C)(C)Nc2cccc(C(F)(F)F)c21. The van der Waals surface area contributed by atoms with Crippen molar-refractivity contribution >= 4 is 17.3 Å². The van der Waals surface area contributed by atoms with E-state index in [1.54, 1.807) is 26.8 Å². The normalized spacial score (nSPS) is 18.0.